The normalized spacial score (nSPS) is 10.4. The average Bonchev–Trinajstić information content (AvgIpc) is 2.67. The summed E-state index contributed by atoms with van der Waals surface area (Å²) in [6.07, 6.45) is 0.132. The molecule has 0 unspecified atom stereocenters. The summed E-state index contributed by atoms with van der Waals surface area (Å²) in [5.74, 6) is -0.354. The number of methoxy groups -OCH3 is 2. The molecule has 0 aliphatic heterocycles. The summed E-state index contributed by atoms with van der Waals surface area (Å²) >= 11 is 0. The molecule has 0 radical (unpaired) electrons. The lowest BCUT2D eigenvalue weighted by Crippen LogP contribution is -2.12. The summed E-state index contributed by atoms with van der Waals surface area (Å²) in [4.78, 5) is 23.9. The maximum Gasteiger partial charge on any atom is 0.337 e. The molecule has 0 saturated heterocycles. The summed E-state index contributed by atoms with van der Waals surface area (Å²) in [6.45, 7) is 0. The van der Waals surface area contributed by atoms with Crippen molar-refractivity contribution >= 4 is 22.7 Å². The van der Waals surface area contributed by atoms with Crippen LogP contribution >= 0.6 is 0 Å². The number of esters is 2. The lowest BCUT2D eigenvalue weighted by Gasteiger charge is -2.10. The van der Waals surface area contributed by atoms with E-state index in [4.69, 9.17) is 9.47 Å². The fourth-order valence-corrected chi connectivity index (χ4v) is 2.67. The highest BCUT2D eigenvalue weighted by Crippen LogP contribution is 2.29. The van der Waals surface area contributed by atoms with E-state index in [0.717, 1.165) is 16.3 Å². The molecule has 0 bridgehead atoms. The first kappa shape index (κ1) is 17.5. The molecule has 26 heavy (non-hydrogen) atoms. The zero-order valence-corrected chi connectivity index (χ0v) is 14.5. The molecule has 3 aromatic rings. The molecule has 0 spiro atoms. The number of rotatable bonds is 5. The Morgan fingerprint density at radius 1 is 0.846 bits per heavy atom. The number of hydrogen-bond acceptors (Lipinski definition) is 5. The fraction of sp³-hybridized carbons (Fsp3) is 0.143. The minimum absolute atomic E-state index is 0.132. The fourth-order valence-electron chi connectivity index (χ4n) is 2.67. The van der Waals surface area contributed by atoms with Gasteiger partial charge >= 0.3 is 11.9 Å². The van der Waals surface area contributed by atoms with Gasteiger partial charge in [-0.1, -0.05) is 42.5 Å². The van der Waals surface area contributed by atoms with E-state index >= 15 is 0 Å². The van der Waals surface area contributed by atoms with Crippen molar-refractivity contribution in [3.8, 4) is 11.5 Å². The van der Waals surface area contributed by atoms with Crippen molar-refractivity contribution in [3.05, 3.63) is 71.8 Å². The van der Waals surface area contributed by atoms with Crippen molar-refractivity contribution in [2.45, 2.75) is 6.42 Å². The zero-order valence-electron chi connectivity index (χ0n) is 14.5. The Morgan fingerprint density at radius 3 is 2.35 bits per heavy atom. The Kier molecular flexibility index (Phi) is 5.17. The maximum absolute atomic E-state index is 12.3. The van der Waals surface area contributed by atoms with Crippen LogP contribution < -0.4 is 9.47 Å². The topological polar surface area (TPSA) is 61.8 Å². The van der Waals surface area contributed by atoms with Gasteiger partial charge in [-0.3, -0.25) is 4.79 Å². The monoisotopic (exact) mass is 350 g/mol. The van der Waals surface area contributed by atoms with Crippen molar-refractivity contribution in [2.75, 3.05) is 14.2 Å². The van der Waals surface area contributed by atoms with Crippen LogP contribution in [0.3, 0.4) is 0 Å². The second kappa shape index (κ2) is 7.70. The van der Waals surface area contributed by atoms with E-state index in [9.17, 15) is 9.59 Å². The van der Waals surface area contributed by atoms with Gasteiger partial charge in [-0.25, -0.2) is 4.79 Å². The zero-order chi connectivity index (χ0) is 18.5. The average molecular weight is 350 g/mol. The van der Waals surface area contributed by atoms with E-state index in [1.165, 1.54) is 32.4 Å². The molecule has 5 heteroatoms. The smallest absolute Gasteiger partial charge is 0.337 e. The number of carbonyl (C=O) groups excluding carboxylic acids is 2. The molecule has 5 nitrogen and oxygen atoms in total. The van der Waals surface area contributed by atoms with Crippen molar-refractivity contribution in [3.63, 3.8) is 0 Å². The van der Waals surface area contributed by atoms with Crippen LogP contribution in [0.2, 0.25) is 0 Å². The maximum atomic E-state index is 12.3. The molecule has 3 aromatic carbocycles. The molecule has 0 atom stereocenters. The molecule has 132 valence electrons. The Morgan fingerprint density at radius 2 is 1.62 bits per heavy atom. The minimum Gasteiger partial charge on any atom is -0.493 e. The highest BCUT2D eigenvalue weighted by atomic mass is 16.6. The van der Waals surface area contributed by atoms with Crippen LogP contribution in [0.4, 0.5) is 0 Å². The highest BCUT2D eigenvalue weighted by molar-refractivity contribution is 5.90. The third kappa shape index (κ3) is 3.83. The van der Waals surface area contributed by atoms with Crippen molar-refractivity contribution in [1.82, 2.24) is 0 Å². The molecule has 0 saturated carbocycles. The summed E-state index contributed by atoms with van der Waals surface area (Å²) in [5.41, 5.74) is 1.18. The van der Waals surface area contributed by atoms with Gasteiger partial charge in [0.1, 0.15) is 0 Å². The molecule has 0 N–H and O–H groups in total. The summed E-state index contributed by atoms with van der Waals surface area (Å²) in [7, 11) is 2.74. The van der Waals surface area contributed by atoms with Crippen LogP contribution in [0.1, 0.15) is 15.9 Å². The molecule has 0 amide bonds. The van der Waals surface area contributed by atoms with Crippen LogP contribution in [-0.4, -0.2) is 26.2 Å². The van der Waals surface area contributed by atoms with Crippen LogP contribution in [0.5, 0.6) is 11.5 Å². The van der Waals surface area contributed by atoms with Crippen LogP contribution in [0.15, 0.2) is 60.7 Å². The lowest BCUT2D eigenvalue weighted by molar-refractivity contribution is -0.133. The second-order valence-corrected chi connectivity index (χ2v) is 5.69. The summed E-state index contributed by atoms with van der Waals surface area (Å²) in [5, 5.41) is 2.18. The number of ether oxygens (including phenoxy) is 3. The Bertz CT molecular complexity index is 962. The van der Waals surface area contributed by atoms with Gasteiger partial charge in [0.05, 0.1) is 26.2 Å². The molecule has 3 rings (SSSR count). The standard InChI is InChI=1S/C21H18O5/c1-24-19-13-17(21(23)25-2)9-10-18(19)26-20(22)12-14-7-8-15-5-3-4-6-16(15)11-14/h3-11,13H,12H2,1-2H3. The van der Waals surface area contributed by atoms with E-state index in [2.05, 4.69) is 4.74 Å². The highest BCUT2D eigenvalue weighted by Gasteiger charge is 2.14. The first-order valence-electron chi connectivity index (χ1n) is 8.05. The molecular weight excluding hydrogens is 332 g/mol. The van der Waals surface area contributed by atoms with Crippen molar-refractivity contribution in [2.24, 2.45) is 0 Å². The lowest BCUT2D eigenvalue weighted by atomic mass is 10.1. The quantitative estimate of drug-likeness (QED) is 0.518. The van der Waals surface area contributed by atoms with E-state index in [-0.39, 0.29) is 12.2 Å². The largest absolute Gasteiger partial charge is 0.493 e. The molecule has 0 aliphatic carbocycles. The van der Waals surface area contributed by atoms with Gasteiger partial charge in [-0.2, -0.15) is 0 Å². The van der Waals surface area contributed by atoms with Crippen LogP contribution in [0.25, 0.3) is 10.8 Å². The van der Waals surface area contributed by atoms with E-state index in [0.29, 0.717) is 11.3 Å². The van der Waals surface area contributed by atoms with Crippen LogP contribution in [0, 0.1) is 0 Å². The number of fused-ring (bicyclic) bond motifs is 1. The predicted octanol–water partition coefficient (Wildman–Crippen LogP) is 3.78. The third-order valence-electron chi connectivity index (χ3n) is 3.97. The summed E-state index contributed by atoms with van der Waals surface area (Å²) in [6, 6.07) is 18.3. The molecule has 0 heterocycles. The van der Waals surface area contributed by atoms with Gasteiger partial charge in [0.25, 0.3) is 0 Å². The first-order valence-corrected chi connectivity index (χ1v) is 8.05. The molecule has 0 aromatic heterocycles. The number of carbonyl (C=O) groups is 2. The molecular formula is C21H18O5. The minimum atomic E-state index is -0.489. The first-order chi connectivity index (χ1) is 12.6. The van der Waals surface area contributed by atoms with Gasteiger partial charge in [0, 0.05) is 0 Å². The number of benzene rings is 3. The van der Waals surface area contributed by atoms with E-state index < -0.39 is 11.9 Å². The van der Waals surface area contributed by atoms with E-state index in [1.807, 2.05) is 42.5 Å². The van der Waals surface area contributed by atoms with Crippen molar-refractivity contribution in [1.29, 1.82) is 0 Å². The Hall–Kier alpha value is -3.34. The molecule has 0 fully saturated rings. The second-order valence-electron chi connectivity index (χ2n) is 5.69. The van der Waals surface area contributed by atoms with Gasteiger partial charge in [0.2, 0.25) is 0 Å². The van der Waals surface area contributed by atoms with E-state index in [1.54, 1.807) is 0 Å². The third-order valence-corrected chi connectivity index (χ3v) is 3.97. The van der Waals surface area contributed by atoms with Gasteiger partial charge < -0.3 is 14.2 Å². The van der Waals surface area contributed by atoms with Gasteiger partial charge in [0.15, 0.2) is 11.5 Å². The van der Waals surface area contributed by atoms with Crippen molar-refractivity contribution < 1.29 is 23.8 Å². The Balaban J connectivity index is 1.75. The summed E-state index contributed by atoms with van der Waals surface area (Å²) < 4.78 is 15.3. The Labute approximate surface area is 151 Å². The van der Waals surface area contributed by atoms with Gasteiger partial charge in [-0.05, 0) is 34.5 Å². The van der Waals surface area contributed by atoms with Gasteiger partial charge in [-0.15, -0.1) is 0 Å². The predicted molar refractivity (Wildman–Crippen MR) is 97.6 cm³/mol. The SMILES string of the molecule is COC(=O)c1ccc(OC(=O)Cc2ccc3ccccc3c2)c(OC)c1. The number of hydrogen-bond donors (Lipinski definition) is 0. The van der Waals surface area contributed by atoms with Crippen LogP contribution in [-0.2, 0) is 16.0 Å². The molecule has 0 aliphatic rings.